The van der Waals surface area contributed by atoms with Gasteiger partial charge in [-0.25, -0.2) is 9.59 Å². The monoisotopic (exact) mass is 539 g/mol. The smallest absolute Gasteiger partial charge is 0.338 e. The van der Waals surface area contributed by atoms with Crippen LogP contribution in [0, 0.1) is 11.3 Å². The maximum Gasteiger partial charge on any atom is 0.338 e. The number of nitrogens with zero attached hydrogens (tertiary/aromatic N) is 1. The third-order valence-electron chi connectivity index (χ3n) is 6.45. The lowest BCUT2D eigenvalue weighted by Gasteiger charge is -2.30. The van der Waals surface area contributed by atoms with Crippen LogP contribution in [0.25, 0.3) is 0 Å². The fourth-order valence-corrected chi connectivity index (χ4v) is 5.39. The quantitative estimate of drug-likeness (QED) is 0.260. The first kappa shape index (κ1) is 25.9. The van der Waals surface area contributed by atoms with Gasteiger partial charge in [-0.15, -0.1) is 11.8 Å². The number of amides is 3. The van der Waals surface area contributed by atoms with E-state index in [-0.39, 0.29) is 18.1 Å². The summed E-state index contributed by atoms with van der Waals surface area (Å²) in [4.78, 5) is 39.3. The number of urea groups is 1. The van der Waals surface area contributed by atoms with Crippen LogP contribution < -0.4 is 21.7 Å². The summed E-state index contributed by atoms with van der Waals surface area (Å²) in [7, 11) is 0. The van der Waals surface area contributed by atoms with E-state index in [9.17, 15) is 19.6 Å². The fourth-order valence-electron chi connectivity index (χ4n) is 4.60. The van der Waals surface area contributed by atoms with E-state index in [1.54, 1.807) is 42.5 Å². The van der Waals surface area contributed by atoms with Gasteiger partial charge in [0.1, 0.15) is 6.61 Å². The van der Waals surface area contributed by atoms with E-state index in [0.29, 0.717) is 46.8 Å². The molecule has 1 unspecified atom stereocenters. The first-order valence-corrected chi connectivity index (χ1v) is 13.3. The topological polar surface area (TPSA) is 146 Å². The van der Waals surface area contributed by atoms with Crippen LogP contribution in [-0.4, -0.2) is 23.7 Å². The molecule has 3 aromatic rings. The number of carbonyl (C=O) groups is 3. The van der Waals surface area contributed by atoms with Crippen molar-refractivity contribution in [1.82, 2.24) is 10.6 Å². The first-order chi connectivity index (χ1) is 18.9. The highest BCUT2D eigenvalue weighted by Gasteiger charge is 2.34. The Balaban J connectivity index is 1.50. The van der Waals surface area contributed by atoms with Gasteiger partial charge in [0.15, 0.2) is 0 Å². The summed E-state index contributed by atoms with van der Waals surface area (Å²) in [5, 5.41) is 18.0. The highest BCUT2D eigenvalue weighted by molar-refractivity contribution is 8.00. The Hall–Kier alpha value is -4.75. The molecular weight excluding hydrogens is 514 g/mol. The Labute approximate surface area is 229 Å². The van der Waals surface area contributed by atoms with Crippen molar-refractivity contribution in [1.29, 1.82) is 5.26 Å². The molecule has 0 spiro atoms. The van der Waals surface area contributed by atoms with E-state index in [2.05, 4.69) is 22.0 Å². The predicted molar refractivity (Wildman–Crippen MR) is 147 cm³/mol. The lowest BCUT2D eigenvalue weighted by atomic mass is 9.92. The molecule has 5 N–H and O–H groups in total. The average molecular weight is 540 g/mol. The summed E-state index contributed by atoms with van der Waals surface area (Å²) in [5.41, 5.74) is 10.4. The average Bonchev–Trinajstić information content (AvgIpc) is 2.94. The van der Waals surface area contributed by atoms with E-state index >= 15 is 0 Å². The molecule has 0 radical (unpaired) electrons. The van der Waals surface area contributed by atoms with E-state index in [1.165, 1.54) is 11.8 Å². The Kier molecular flexibility index (Phi) is 7.52. The number of nitrogens with one attached hydrogen (secondary N) is 3. The minimum Gasteiger partial charge on any atom is -0.457 e. The summed E-state index contributed by atoms with van der Waals surface area (Å²) in [5.74, 6) is -0.394. The number of nitrogen functional groups attached to an aromatic ring is 1. The van der Waals surface area contributed by atoms with Crippen molar-refractivity contribution in [2.75, 3.05) is 16.8 Å². The van der Waals surface area contributed by atoms with Crippen LogP contribution >= 0.6 is 11.8 Å². The summed E-state index contributed by atoms with van der Waals surface area (Å²) in [6.45, 7) is -0.00449. The molecular formula is C29H25N5O4S. The molecule has 1 atom stereocenters. The molecule has 0 saturated carbocycles. The molecule has 2 aliphatic heterocycles. The standard InChI is InChI=1S/C29H25N5O4S/c30-14-20-6-2-1-5-18(20)8-10-22-26(28(36)38-15-17-4-3-7-21(31)12-17)27(34-29(37)33-22)19-9-11-24-23(13-19)32-25(35)16-39-24/h1-7,9,11-13,27H,8,10,15-16,31H2,(H,32,35)(H2,33,34,37). The van der Waals surface area contributed by atoms with E-state index in [0.717, 1.165) is 16.0 Å². The predicted octanol–water partition coefficient (Wildman–Crippen LogP) is 4.17. The zero-order valence-corrected chi connectivity index (χ0v) is 21.6. The number of thioether (sulfide) groups is 1. The van der Waals surface area contributed by atoms with Crippen LogP contribution in [0.5, 0.6) is 0 Å². The van der Waals surface area contributed by atoms with Crippen molar-refractivity contribution >= 4 is 41.0 Å². The van der Waals surface area contributed by atoms with E-state index in [4.69, 9.17) is 10.5 Å². The maximum absolute atomic E-state index is 13.6. The molecule has 0 saturated heterocycles. The summed E-state index contributed by atoms with van der Waals surface area (Å²) in [6.07, 6.45) is 0.720. The first-order valence-electron chi connectivity index (χ1n) is 12.3. The minimum absolute atomic E-state index is 0.00449. The molecule has 3 aromatic carbocycles. The van der Waals surface area contributed by atoms with Crippen molar-refractivity contribution in [2.24, 2.45) is 0 Å². The van der Waals surface area contributed by atoms with Gasteiger partial charge in [-0.2, -0.15) is 5.26 Å². The van der Waals surface area contributed by atoms with Gasteiger partial charge in [-0.05, 0) is 59.9 Å². The fraction of sp³-hybridized carbons (Fsp3) is 0.172. The summed E-state index contributed by atoms with van der Waals surface area (Å²) < 4.78 is 5.70. The van der Waals surface area contributed by atoms with Gasteiger partial charge >= 0.3 is 12.0 Å². The highest BCUT2D eigenvalue weighted by atomic mass is 32.2. The van der Waals surface area contributed by atoms with Gasteiger partial charge in [0.25, 0.3) is 0 Å². The highest BCUT2D eigenvalue weighted by Crippen LogP contribution is 2.37. The lowest BCUT2D eigenvalue weighted by molar-refractivity contribution is -0.140. The largest absolute Gasteiger partial charge is 0.457 e. The summed E-state index contributed by atoms with van der Waals surface area (Å²) in [6, 6.07) is 20.6. The molecule has 0 aromatic heterocycles. The molecule has 10 heteroatoms. The number of esters is 1. The third kappa shape index (κ3) is 5.89. The molecule has 0 aliphatic carbocycles. The van der Waals surface area contributed by atoms with Crippen LogP contribution in [0.1, 0.15) is 34.7 Å². The van der Waals surface area contributed by atoms with Gasteiger partial charge in [0.05, 0.1) is 34.7 Å². The normalized spacial score (nSPS) is 16.3. The Morgan fingerprint density at radius 3 is 2.72 bits per heavy atom. The number of aryl methyl sites for hydroxylation is 1. The second-order valence-electron chi connectivity index (χ2n) is 9.11. The Morgan fingerprint density at radius 2 is 1.90 bits per heavy atom. The molecule has 9 nitrogen and oxygen atoms in total. The van der Waals surface area contributed by atoms with Crippen LogP contribution in [0.3, 0.4) is 0 Å². The van der Waals surface area contributed by atoms with Crippen molar-refractivity contribution in [3.05, 3.63) is 100 Å². The number of hydrogen-bond donors (Lipinski definition) is 4. The molecule has 2 aliphatic rings. The van der Waals surface area contributed by atoms with Gasteiger partial charge in [-0.1, -0.05) is 36.4 Å². The zero-order chi connectivity index (χ0) is 27.4. The number of benzene rings is 3. The number of rotatable bonds is 7. The Morgan fingerprint density at radius 1 is 1.05 bits per heavy atom. The maximum atomic E-state index is 13.6. The molecule has 0 fully saturated rings. The van der Waals surface area contributed by atoms with Crippen molar-refractivity contribution < 1.29 is 19.1 Å². The van der Waals surface area contributed by atoms with Crippen LogP contribution in [0.2, 0.25) is 0 Å². The number of nitriles is 1. The number of fused-ring (bicyclic) bond motifs is 1. The van der Waals surface area contributed by atoms with Crippen LogP contribution in [0.15, 0.2) is 82.9 Å². The molecule has 2 heterocycles. The van der Waals surface area contributed by atoms with Crippen LogP contribution in [-0.2, 0) is 27.4 Å². The zero-order valence-electron chi connectivity index (χ0n) is 20.8. The van der Waals surface area contributed by atoms with Gasteiger partial charge in [-0.3, -0.25) is 4.79 Å². The van der Waals surface area contributed by atoms with Gasteiger partial charge < -0.3 is 26.4 Å². The molecule has 39 heavy (non-hydrogen) atoms. The SMILES string of the molecule is N#Cc1ccccc1CCC1=C(C(=O)OCc2cccc(N)c2)C(c2ccc3c(c2)NC(=O)CS3)NC(=O)N1. The van der Waals surface area contributed by atoms with Gasteiger partial charge in [0.2, 0.25) is 5.91 Å². The molecule has 196 valence electrons. The number of hydrogen-bond acceptors (Lipinski definition) is 7. The molecule has 5 rings (SSSR count). The number of anilines is 2. The van der Waals surface area contributed by atoms with Crippen molar-refractivity contribution in [3.8, 4) is 6.07 Å². The minimum atomic E-state index is -0.817. The number of allylic oxidation sites excluding steroid dienone is 1. The second kappa shape index (κ2) is 11.3. The Bertz CT molecular complexity index is 1540. The van der Waals surface area contributed by atoms with Crippen LogP contribution in [0.4, 0.5) is 16.2 Å². The summed E-state index contributed by atoms with van der Waals surface area (Å²) >= 11 is 1.42. The lowest BCUT2D eigenvalue weighted by Crippen LogP contribution is -2.46. The second-order valence-corrected chi connectivity index (χ2v) is 10.1. The number of ether oxygens (including phenoxy) is 1. The third-order valence-corrected chi connectivity index (χ3v) is 7.52. The number of nitrogens with two attached hydrogens (primary N) is 1. The van der Waals surface area contributed by atoms with E-state index in [1.807, 2.05) is 24.3 Å². The van der Waals surface area contributed by atoms with E-state index < -0.39 is 18.0 Å². The molecule has 3 amide bonds. The number of carbonyl (C=O) groups excluding carboxylic acids is 3. The van der Waals surface area contributed by atoms with Crippen molar-refractivity contribution in [3.63, 3.8) is 0 Å². The van der Waals surface area contributed by atoms with Crippen molar-refractivity contribution in [2.45, 2.75) is 30.4 Å². The molecule has 0 bridgehead atoms. The van der Waals surface area contributed by atoms with Gasteiger partial charge in [0, 0.05) is 16.3 Å².